The lowest BCUT2D eigenvalue weighted by atomic mass is 9.68. The van der Waals surface area contributed by atoms with Gasteiger partial charge in [-0.25, -0.2) is 0 Å². The molecule has 222 valence electrons. The zero-order valence-corrected chi connectivity index (χ0v) is 25.9. The van der Waals surface area contributed by atoms with Gasteiger partial charge in [0.2, 0.25) is 11.8 Å². The topological polar surface area (TPSA) is 76.7 Å². The summed E-state index contributed by atoms with van der Waals surface area (Å²) in [5.41, 5.74) is 4.15. The van der Waals surface area contributed by atoms with Crippen molar-refractivity contribution in [3.8, 4) is 22.6 Å². The third kappa shape index (κ3) is 3.90. The van der Waals surface area contributed by atoms with Crippen molar-refractivity contribution in [2.75, 3.05) is 24.9 Å². The summed E-state index contributed by atoms with van der Waals surface area (Å²) in [5.74, 6) is 2.19. The molecule has 0 radical (unpaired) electrons. The quantitative estimate of drug-likeness (QED) is 0.332. The normalized spacial score (nSPS) is 30.0. The van der Waals surface area contributed by atoms with E-state index in [0.29, 0.717) is 34.7 Å². The van der Waals surface area contributed by atoms with Crippen LogP contribution in [0.4, 0.5) is 11.4 Å². The van der Waals surface area contributed by atoms with Gasteiger partial charge in [-0.3, -0.25) is 9.59 Å². The van der Waals surface area contributed by atoms with E-state index in [9.17, 15) is 9.59 Å². The first-order valence-electron chi connectivity index (χ1n) is 15.2. The number of carbonyl (C=O) groups is 2. The van der Waals surface area contributed by atoms with Crippen molar-refractivity contribution in [1.82, 2.24) is 0 Å². The van der Waals surface area contributed by atoms with Crippen molar-refractivity contribution in [1.29, 1.82) is 0 Å². The number of methoxy groups -OCH3 is 2. The molecule has 6 nitrogen and oxygen atoms in total. The zero-order valence-electron chi connectivity index (χ0n) is 25.9. The number of nitrogens with one attached hydrogen (secondary N) is 2. The average molecular weight is 569 g/mol. The number of hydrogen-bond donors (Lipinski definition) is 2. The van der Waals surface area contributed by atoms with Crippen LogP contribution in [0.2, 0.25) is 0 Å². The number of carbonyl (C=O) groups excluding carboxylic acids is 2. The van der Waals surface area contributed by atoms with Gasteiger partial charge in [-0.15, -0.1) is 0 Å². The molecule has 0 spiro atoms. The molecule has 0 aromatic heterocycles. The molecule has 6 rings (SSSR count). The van der Waals surface area contributed by atoms with Gasteiger partial charge in [-0.2, -0.15) is 0 Å². The molecule has 4 saturated carbocycles. The third-order valence-corrected chi connectivity index (χ3v) is 11.9. The summed E-state index contributed by atoms with van der Waals surface area (Å²) < 4.78 is 11.5. The van der Waals surface area contributed by atoms with E-state index in [2.05, 4.69) is 51.5 Å². The van der Waals surface area contributed by atoms with Crippen LogP contribution in [0, 0.1) is 33.5 Å². The Hall–Kier alpha value is -3.54. The van der Waals surface area contributed by atoms with E-state index in [4.69, 9.17) is 9.47 Å². The predicted octanol–water partition coefficient (Wildman–Crippen LogP) is 8.01. The molecule has 2 aromatic carbocycles. The van der Waals surface area contributed by atoms with E-state index in [1.165, 1.54) is 0 Å². The van der Waals surface area contributed by atoms with Gasteiger partial charge in [0.1, 0.15) is 11.5 Å². The van der Waals surface area contributed by atoms with E-state index < -0.39 is 10.8 Å². The van der Waals surface area contributed by atoms with Crippen LogP contribution >= 0.6 is 0 Å². The van der Waals surface area contributed by atoms with Crippen LogP contribution in [0.15, 0.2) is 60.7 Å². The van der Waals surface area contributed by atoms with Crippen LogP contribution in [0.25, 0.3) is 11.1 Å². The molecule has 2 N–H and O–H groups in total. The fourth-order valence-corrected chi connectivity index (χ4v) is 8.72. The molecule has 4 atom stereocenters. The second-order valence-electron chi connectivity index (χ2n) is 14.2. The standard InChI is InChI=1S/C36H44N2O4/c1-21-33(3,4)25-13-15-35(21,19-25)31(39)37-27-11-9-23(17-29(27)41-7)24-10-12-28(30(18-24)42-8)38-32(40)36-16-14-26(20-36)34(5,6)22(36)2/h9-12,17-18,25-26H,1-2,13-16,19-20H2,3-8H3,(H,37,39)(H,38,40). The van der Waals surface area contributed by atoms with Gasteiger partial charge in [0.15, 0.2) is 0 Å². The van der Waals surface area contributed by atoms with Crippen molar-refractivity contribution >= 4 is 23.2 Å². The monoisotopic (exact) mass is 568 g/mol. The molecule has 4 bridgehead atoms. The lowest BCUT2D eigenvalue weighted by molar-refractivity contribution is -0.124. The minimum absolute atomic E-state index is 0.00905. The Labute approximate surface area is 249 Å². The van der Waals surface area contributed by atoms with Crippen LogP contribution in [0.1, 0.15) is 66.2 Å². The number of ether oxygens (including phenoxy) is 2. The Morgan fingerprint density at radius 3 is 1.40 bits per heavy atom. The van der Waals surface area contributed by atoms with Crippen LogP contribution in [0.3, 0.4) is 0 Å². The number of rotatable bonds is 7. The highest BCUT2D eigenvalue weighted by atomic mass is 16.5. The lowest BCUT2D eigenvalue weighted by Crippen LogP contribution is -2.37. The molecule has 0 heterocycles. The second-order valence-corrected chi connectivity index (χ2v) is 14.2. The summed E-state index contributed by atoms with van der Waals surface area (Å²) in [4.78, 5) is 27.3. The van der Waals surface area contributed by atoms with Crippen molar-refractivity contribution < 1.29 is 19.1 Å². The maximum atomic E-state index is 13.6. The van der Waals surface area contributed by atoms with Gasteiger partial charge in [0.05, 0.1) is 36.4 Å². The lowest BCUT2D eigenvalue weighted by Gasteiger charge is -2.37. The Balaban J connectivity index is 1.22. The zero-order chi connectivity index (χ0) is 30.2. The highest BCUT2D eigenvalue weighted by molar-refractivity contribution is 6.01. The molecule has 0 saturated heterocycles. The first-order valence-corrected chi connectivity index (χ1v) is 15.2. The van der Waals surface area contributed by atoms with Crippen LogP contribution < -0.4 is 20.1 Å². The first-order chi connectivity index (χ1) is 19.8. The van der Waals surface area contributed by atoms with Crippen LogP contribution in [0.5, 0.6) is 11.5 Å². The SMILES string of the molecule is C=C1C2(C(=O)Nc3ccc(-c4ccc(NC(=O)C56CCC(C5)C(C)(C)C6=C)c(OC)c4)cc3OC)CCC(C2)C1(C)C. The molecule has 4 unspecified atom stereocenters. The van der Waals surface area contributed by atoms with E-state index >= 15 is 0 Å². The Morgan fingerprint density at radius 1 is 0.714 bits per heavy atom. The van der Waals surface area contributed by atoms with E-state index in [1.807, 2.05) is 36.4 Å². The molecule has 2 amide bonds. The molecule has 4 aliphatic rings. The van der Waals surface area contributed by atoms with E-state index in [-0.39, 0.29) is 22.6 Å². The summed E-state index contributed by atoms with van der Waals surface area (Å²) in [6.45, 7) is 17.6. The summed E-state index contributed by atoms with van der Waals surface area (Å²) >= 11 is 0. The van der Waals surface area contributed by atoms with Gasteiger partial charge in [-0.1, -0.05) is 64.1 Å². The number of amides is 2. The highest BCUT2D eigenvalue weighted by Gasteiger charge is 2.62. The highest BCUT2D eigenvalue weighted by Crippen LogP contribution is 2.66. The predicted molar refractivity (Wildman–Crippen MR) is 168 cm³/mol. The molecular weight excluding hydrogens is 524 g/mol. The second kappa shape index (κ2) is 9.48. The number of fused-ring (bicyclic) bond motifs is 4. The number of benzene rings is 2. The minimum Gasteiger partial charge on any atom is -0.495 e. The van der Waals surface area contributed by atoms with Gasteiger partial charge in [-0.05, 0) is 96.6 Å². The Bertz CT molecular complexity index is 1410. The van der Waals surface area contributed by atoms with Crippen molar-refractivity contribution in [3.05, 3.63) is 60.7 Å². The molecule has 6 heteroatoms. The van der Waals surface area contributed by atoms with Crippen LogP contribution in [-0.4, -0.2) is 26.0 Å². The third-order valence-electron chi connectivity index (χ3n) is 11.9. The molecular formula is C36H44N2O4. The van der Waals surface area contributed by atoms with Gasteiger partial charge < -0.3 is 20.1 Å². The molecule has 42 heavy (non-hydrogen) atoms. The van der Waals surface area contributed by atoms with Gasteiger partial charge >= 0.3 is 0 Å². The van der Waals surface area contributed by atoms with E-state index in [1.54, 1.807) is 14.2 Å². The number of hydrogen-bond acceptors (Lipinski definition) is 4. The van der Waals surface area contributed by atoms with Gasteiger partial charge in [0, 0.05) is 0 Å². The summed E-state index contributed by atoms with van der Waals surface area (Å²) in [6, 6.07) is 11.6. The average Bonchev–Trinajstić information content (AvgIpc) is 3.71. The largest absolute Gasteiger partial charge is 0.495 e. The fraction of sp³-hybridized carbons (Fsp3) is 0.500. The molecule has 2 aromatic rings. The smallest absolute Gasteiger partial charge is 0.234 e. The van der Waals surface area contributed by atoms with Crippen molar-refractivity contribution in [2.45, 2.75) is 66.2 Å². The summed E-state index contributed by atoms with van der Waals surface area (Å²) in [5, 5.41) is 6.33. The minimum atomic E-state index is -0.509. The maximum absolute atomic E-state index is 13.6. The van der Waals surface area contributed by atoms with E-state index in [0.717, 1.165) is 60.8 Å². The Kier molecular flexibility index (Phi) is 6.45. The molecule has 0 aliphatic heterocycles. The summed E-state index contributed by atoms with van der Waals surface area (Å²) in [6.07, 6.45) is 5.54. The van der Waals surface area contributed by atoms with Crippen LogP contribution in [-0.2, 0) is 9.59 Å². The fourth-order valence-electron chi connectivity index (χ4n) is 8.72. The van der Waals surface area contributed by atoms with Crippen molar-refractivity contribution in [2.24, 2.45) is 33.5 Å². The Morgan fingerprint density at radius 2 is 1.10 bits per heavy atom. The maximum Gasteiger partial charge on any atom is 0.234 e. The summed E-state index contributed by atoms with van der Waals surface area (Å²) in [7, 11) is 3.22. The molecule has 4 aliphatic carbocycles. The van der Waals surface area contributed by atoms with Crippen molar-refractivity contribution in [3.63, 3.8) is 0 Å². The van der Waals surface area contributed by atoms with Gasteiger partial charge in [0.25, 0.3) is 0 Å². The number of anilines is 2. The molecule has 4 fully saturated rings. The first kappa shape index (κ1) is 28.6.